The summed E-state index contributed by atoms with van der Waals surface area (Å²) in [6.07, 6.45) is 3.38. The topological polar surface area (TPSA) is 42.4 Å². The molecule has 1 aliphatic heterocycles. The number of nitrogens with zero attached hydrogens (tertiary/aromatic N) is 2. The number of hydrogen-bond acceptors (Lipinski definition) is 4. The number of carbonyl (C=O) groups excluding carboxylic acids is 1. The number of alkyl halides is 1. The van der Waals surface area contributed by atoms with Crippen LogP contribution in [0.2, 0.25) is 0 Å². The molecular weight excluding hydrogens is 231 g/mol. The lowest BCUT2D eigenvalue weighted by Gasteiger charge is -2.17. The van der Waals surface area contributed by atoms with Crippen LogP contribution in [0.15, 0.2) is 5.51 Å². The molecular formula is C10H11FN2O2S. The summed E-state index contributed by atoms with van der Waals surface area (Å²) >= 11 is 1.47. The summed E-state index contributed by atoms with van der Waals surface area (Å²) in [6.45, 7) is 0.0997. The van der Waals surface area contributed by atoms with Crippen molar-refractivity contribution in [1.82, 2.24) is 9.88 Å². The fraction of sp³-hybridized carbons (Fsp3) is 0.400. The highest BCUT2D eigenvalue weighted by atomic mass is 32.1. The second-order valence-electron chi connectivity index (χ2n) is 3.24. The Morgan fingerprint density at radius 1 is 1.69 bits per heavy atom. The second kappa shape index (κ2) is 5.07. The molecule has 1 aromatic heterocycles. The predicted octanol–water partition coefficient (Wildman–Crippen LogP) is 0.473. The number of ether oxygens (including phenoxy) is 1. The van der Waals surface area contributed by atoms with Gasteiger partial charge in [0, 0.05) is 19.2 Å². The van der Waals surface area contributed by atoms with E-state index < -0.39 is 12.8 Å². The Balaban J connectivity index is 2.00. The predicted molar refractivity (Wildman–Crippen MR) is 58.9 cm³/mol. The van der Waals surface area contributed by atoms with Gasteiger partial charge in [0.05, 0.1) is 28.7 Å². The average Bonchev–Trinajstić information content (AvgIpc) is 2.76. The number of hydrogen-bond donors (Lipinski definition) is 0. The molecule has 6 heteroatoms. The zero-order chi connectivity index (χ0) is 11.4. The maximum atomic E-state index is 11.8. The molecule has 0 atom stereocenters. The van der Waals surface area contributed by atoms with Crippen LogP contribution in [-0.4, -0.2) is 35.8 Å². The SMILES string of the molecule is O=C(OCCCF)N1C=c2scnc2=CC1. The molecule has 2 heterocycles. The maximum absolute atomic E-state index is 11.8. The van der Waals surface area contributed by atoms with Crippen molar-refractivity contribution in [3.05, 3.63) is 15.4 Å². The number of halogens is 1. The van der Waals surface area contributed by atoms with Gasteiger partial charge in [-0.05, 0) is 6.08 Å². The van der Waals surface area contributed by atoms with Crippen LogP contribution in [0.4, 0.5) is 9.18 Å². The molecule has 86 valence electrons. The number of carbonyl (C=O) groups is 1. The van der Waals surface area contributed by atoms with Gasteiger partial charge in [0.15, 0.2) is 0 Å². The fourth-order valence-electron chi connectivity index (χ4n) is 1.32. The van der Waals surface area contributed by atoms with Crippen LogP contribution in [0.3, 0.4) is 0 Å². The van der Waals surface area contributed by atoms with E-state index in [1.54, 1.807) is 11.7 Å². The van der Waals surface area contributed by atoms with Crippen LogP contribution in [-0.2, 0) is 4.74 Å². The highest BCUT2D eigenvalue weighted by Gasteiger charge is 2.13. The third kappa shape index (κ3) is 2.38. The first-order valence-corrected chi connectivity index (χ1v) is 5.80. The number of amides is 1. The Morgan fingerprint density at radius 3 is 3.38 bits per heavy atom. The highest BCUT2D eigenvalue weighted by molar-refractivity contribution is 7.07. The van der Waals surface area contributed by atoms with E-state index in [1.807, 2.05) is 6.08 Å². The number of thiazole rings is 1. The van der Waals surface area contributed by atoms with Gasteiger partial charge in [-0.25, -0.2) is 9.78 Å². The molecule has 0 spiro atoms. The van der Waals surface area contributed by atoms with Gasteiger partial charge in [0.25, 0.3) is 0 Å². The Labute approximate surface area is 95.7 Å². The first-order chi connectivity index (χ1) is 7.81. The minimum atomic E-state index is -0.470. The number of aromatic nitrogens is 1. The van der Waals surface area contributed by atoms with Crippen LogP contribution >= 0.6 is 11.3 Å². The minimum Gasteiger partial charge on any atom is -0.449 e. The van der Waals surface area contributed by atoms with Crippen LogP contribution in [0, 0.1) is 0 Å². The van der Waals surface area contributed by atoms with Crippen molar-refractivity contribution in [2.45, 2.75) is 6.42 Å². The van der Waals surface area contributed by atoms with Crippen molar-refractivity contribution < 1.29 is 13.9 Å². The molecule has 1 aliphatic rings. The quantitative estimate of drug-likeness (QED) is 0.724. The third-order valence-electron chi connectivity index (χ3n) is 2.12. The Bertz CT molecular complexity index is 485. The molecule has 0 N–H and O–H groups in total. The van der Waals surface area contributed by atoms with E-state index in [2.05, 4.69) is 4.98 Å². The summed E-state index contributed by atoms with van der Waals surface area (Å²) in [5.74, 6) is 0. The third-order valence-corrected chi connectivity index (χ3v) is 2.90. The van der Waals surface area contributed by atoms with Gasteiger partial charge in [0.1, 0.15) is 0 Å². The van der Waals surface area contributed by atoms with Gasteiger partial charge in [-0.15, -0.1) is 11.3 Å². The maximum Gasteiger partial charge on any atom is 0.414 e. The van der Waals surface area contributed by atoms with Gasteiger partial charge in [0.2, 0.25) is 0 Å². The number of rotatable bonds is 3. The van der Waals surface area contributed by atoms with Crippen molar-refractivity contribution in [1.29, 1.82) is 0 Å². The Kier molecular flexibility index (Phi) is 3.51. The molecule has 0 unspecified atom stereocenters. The molecule has 0 bridgehead atoms. The van der Waals surface area contributed by atoms with E-state index in [1.165, 1.54) is 16.2 Å². The standard InChI is InChI=1S/C10H11FN2O2S/c11-3-1-5-15-10(14)13-4-2-8-9(6-13)16-7-12-8/h2,6-7H,1,3-5H2. The fourth-order valence-corrected chi connectivity index (χ4v) is 2.04. The van der Waals surface area contributed by atoms with Crippen LogP contribution in [0.1, 0.15) is 6.42 Å². The molecule has 0 aliphatic carbocycles. The first kappa shape index (κ1) is 11.1. The Morgan fingerprint density at radius 2 is 2.56 bits per heavy atom. The largest absolute Gasteiger partial charge is 0.449 e. The minimum absolute atomic E-state index is 0.120. The average molecular weight is 242 g/mol. The summed E-state index contributed by atoms with van der Waals surface area (Å²) in [4.78, 5) is 17.1. The molecule has 0 saturated heterocycles. The summed E-state index contributed by atoms with van der Waals surface area (Å²) < 4.78 is 17.6. The zero-order valence-corrected chi connectivity index (χ0v) is 9.37. The van der Waals surface area contributed by atoms with Crippen molar-refractivity contribution in [2.24, 2.45) is 0 Å². The summed E-state index contributed by atoms with van der Waals surface area (Å²) in [6, 6.07) is 0. The highest BCUT2D eigenvalue weighted by Crippen LogP contribution is 1.99. The van der Waals surface area contributed by atoms with Crippen LogP contribution in [0.25, 0.3) is 12.3 Å². The van der Waals surface area contributed by atoms with Crippen LogP contribution in [0.5, 0.6) is 0 Å². The molecule has 0 saturated carbocycles. The Hall–Kier alpha value is -1.43. The lowest BCUT2D eigenvalue weighted by atomic mass is 10.4. The van der Waals surface area contributed by atoms with Crippen LogP contribution < -0.4 is 9.88 Å². The normalized spacial score (nSPS) is 13.7. The van der Waals surface area contributed by atoms with E-state index in [9.17, 15) is 9.18 Å². The molecule has 1 aromatic rings. The van der Waals surface area contributed by atoms with E-state index in [4.69, 9.17) is 4.74 Å². The molecule has 1 amide bonds. The summed E-state index contributed by atoms with van der Waals surface area (Å²) in [5, 5.41) is 0.901. The van der Waals surface area contributed by atoms with Crippen molar-refractivity contribution >= 4 is 29.7 Å². The molecule has 0 radical (unpaired) electrons. The van der Waals surface area contributed by atoms with E-state index in [0.29, 0.717) is 6.54 Å². The van der Waals surface area contributed by atoms with Gasteiger partial charge in [-0.3, -0.25) is 9.29 Å². The molecule has 2 rings (SSSR count). The van der Waals surface area contributed by atoms with E-state index >= 15 is 0 Å². The molecule has 0 aromatic carbocycles. The number of fused-ring (bicyclic) bond motifs is 1. The summed E-state index contributed by atoms with van der Waals surface area (Å²) in [7, 11) is 0. The van der Waals surface area contributed by atoms with Crippen molar-refractivity contribution in [3.63, 3.8) is 0 Å². The van der Waals surface area contributed by atoms with Gasteiger partial charge in [-0.1, -0.05) is 0 Å². The smallest absolute Gasteiger partial charge is 0.414 e. The second-order valence-corrected chi connectivity index (χ2v) is 4.13. The monoisotopic (exact) mass is 242 g/mol. The van der Waals surface area contributed by atoms with Gasteiger partial charge >= 0.3 is 6.09 Å². The van der Waals surface area contributed by atoms with E-state index in [0.717, 1.165) is 9.88 Å². The molecule has 16 heavy (non-hydrogen) atoms. The van der Waals surface area contributed by atoms with Gasteiger partial charge < -0.3 is 4.74 Å². The van der Waals surface area contributed by atoms with Crippen molar-refractivity contribution in [3.8, 4) is 0 Å². The molecule has 0 fully saturated rings. The molecule has 4 nitrogen and oxygen atoms in total. The lowest BCUT2D eigenvalue weighted by molar-refractivity contribution is 0.121. The van der Waals surface area contributed by atoms with Gasteiger partial charge in [-0.2, -0.15) is 0 Å². The first-order valence-electron chi connectivity index (χ1n) is 4.92. The van der Waals surface area contributed by atoms with E-state index in [-0.39, 0.29) is 13.0 Å². The zero-order valence-electron chi connectivity index (χ0n) is 8.56. The van der Waals surface area contributed by atoms with Crippen molar-refractivity contribution in [2.75, 3.05) is 19.8 Å². The lowest BCUT2D eigenvalue weighted by Crippen LogP contribution is -2.37. The summed E-state index contributed by atoms with van der Waals surface area (Å²) in [5.41, 5.74) is 1.73.